The molecule has 0 aliphatic heterocycles. The summed E-state index contributed by atoms with van der Waals surface area (Å²) in [6, 6.07) is 4.33. The quantitative estimate of drug-likeness (QED) is 0.615. The first-order chi connectivity index (χ1) is 7.06. The number of carbonyl (C=O) groups excluding carboxylic acids is 1. The average molecular weight is 211 g/mol. The molecule has 0 radical (unpaired) electrons. The Balaban J connectivity index is 2.86. The second-order valence-electron chi connectivity index (χ2n) is 3.25. The summed E-state index contributed by atoms with van der Waals surface area (Å²) in [6.07, 6.45) is 0. The van der Waals surface area contributed by atoms with Gasteiger partial charge >= 0.3 is 5.97 Å². The van der Waals surface area contributed by atoms with Gasteiger partial charge in [-0.15, -0.1) is 0 Å². The lowest BCUT2D eigenvalue weighted by atomic mass is 10.0. The first kappa shape index (κ1) is 11.5. The van der Waals surface area contributed by atoms with Gasteiger partial charge in [0.1, 0.15) is 5.82 Å². The molecule has 3 nitrogen and oxygen atoms in total. The van der Waals surface area contributed by atoms with Crippen LogP contribution in [-0.4, -0.2) is 12.6 Å². The number of hydrogen-bond acceptors (Lipinski definition) is 3. The van der Waals surface area contributed by atoms with E-state index in [2.05, 4.69) is 0 Å². The molecule has 15 heavy (non-hydrogen) atoms. The number of anilines is 1. The molecule has 1 rings (SSSR count). The number of benzene rings is 1. The van der Waals surface area contributed by atoms with E-state index in [1.54, 1.807) is 19.9 Å². The summed E-state index contributed by atoms with van der Waals surface area (Å²) in [5.41, 5.74) is 5.98. The van der Waals surface area contributed by atoms with E-state index in [9.17, 15) is 9.18 Å². The van der Waals surface area contributed by atoms with Gasteiger partial charge < -0.3 is 10.5 Å². The van der Waals surface area contributed by atoms with Crippen molar-refractivity contribution in [2.45, 2.75) is 19.8 Å². The zero-order valence-corrected chi connectivity index (χ0v) is 8.79. The predicted molar refractivity (Wildman–Crippen MR) is 55.9 cm³/mol. The van der Waals surface area contributed by atoms with Crippen LogP contribution in [0.25, 0.3) is 0 Å². The first-order valence-corrected chi connectivity index (χ1v) is 4.77. The Labute approximate surface area is 88.0 Å². The number of esters is 1. The molecule has 0 aliphatic rings. The standard InChI is InChI=1S/C11H14FNO2/c1-3-15-11(14)7(2)8-4-5-10(13)9(12)6-8/h4-7H,3,13H2,1-2H3/t7-/m1/s1. The van der Waals surface area contributed by atoms with Crippen molar-refractivity contribution in [2.75, 3.05) is 12.3 Å². The van der Waals surface area contributed by atoms with E-state index in [1.165, 1.54) is 12.1 Å². The Morgan fingerprint density at radius 3 is 2.80 bits per heavy atom. The van der Waals surface area contributed by atoms with Crippen LogP contribution in [0.2, 0.25) is 0 Å². The van der Waals surface area contributed by atoms with E-state index in [1.807, 2.05) is 0 Å². The molecular weight excluding hydrogens is 197 g/mol. The van der Waals surface area contributed by atoms with Gasteiger partial charge in [0.15, 0.2) is 0 Å². The summed E-state index contributed by atoms with van der Waals surface area (Å²) in [6.45, 7) is 3.72. The maximum Gasteiger partial charge on any atom is 0.313 e. The summed E-state index contributed by atoms with van der Waals surface area (Å²) >= 11 is 0. The van der Waals surface area contributed by atoms with Crippen LogP contribution in [0.5, 0.6) is 0 Å². The highest BCUT2D eigenvalue weighted by Crippen LogP contribution is 2.20. The third kappa shape index (κ3) is 2.68. The zero-order valence-electron chi connectivity index (χ0n) is 8.79. The third-order valence-corrected chi connectivity index (χ3v) is 2.16. The van der Waals surface area contributed by atoms with E-state index in [-0.39, 0.29) is 11.7 Å². The van der Waals surface area contributed by atoms with Crippen molar-refractivity contribution < 1.29 is 13.9 Å². The Morgan fingerprint density at radius 1 is 1.60 bits per heavy atom. The van der Waals surface area contributed by atoms with Crippen molar-refractivity contribution in [3.05, 3.63) is 29.6 Å². The Morgan fingerprint density at radius 2 is 2.27 bits per heavy atom. The summed E-state index contributed by atoms with van der Waals surface area (Å²) < 4.78 is 17.9. The van der Waals surface area contributed by atoms with Gasteiger partial charge in [0.05, 0.1) is 18.2 Å². The SMILES string of the molecule is CCOC(=O)[C@H](C)c1ccc(N)c(F)c1. The predicted octanol–water partition coefficient (Wildman–Crippen LogP) is 2.07. The first-order valence-electron chi connectivity index (χ1n) is 4.77. The minimum Gasteiger partial charge on any atom is -0.466 e. The molecular formula is C11H14FNO2. The van der Waals surface area contributed by atoms with Gasteiger partial charge in [-0.3, -0.25) is 4.79 Å². The van der Waals surface area contributed by atoms with Crippen LogP contribution < -0.4 is 5.73 Å². The van der Waals surface area contributed by atoms with E-state index >= 15 is 0 Å². The highest BCUT2D eigenvalue weighted by molar-refractivity contribution is 5.77. The molecule has 82 valence electrons. The van der Waals surface area contributed by atoms with Gasteiger partial charge in [-0.25, -0.2) is 4.39 Å². The Bertz CT molecular complexity index is 366. The number of nitrogens with two attached hydrogens (primary N) is 1. The van der Waals surface area contributed by atoms with Crippen LogP contribution >= 0.6 is 0 Å². The van der Waals surface area contributed by atoms with Crippen molar-refractivity contribution in [1.29, 1.82) is 0 Å². The molecule has 0 spiro atoms. The van der Waals surface area contributed by atoms with Crippen LogP contribution in [0.4, 0.5) is 10.1 Å². The van der Waals surface area contributed by atoms with E-state index in [0.717, 1.165) is 0 Å². The monoisotopic (exact) mass is 211 g/mol. The molecule has 0 saturated carbocycles. The highest BCUT2D eigenvalue weighted by atomic mass is 19.1. The Hall–Kier alpha value is -1.58. The lowest BCUT2D eigenvalue weighted by molar-refractivity contribution is -0.144. The number of hydrogen-bond donors (Lipinski definition) is 1. The van der Waals surface area contributed by atoms with Crippen molar-refractivity contribution in [2.24, 2.45) is 0 Å². The minimum atomic E-state index is -0.511. The summed E-state index contributed by atoms with van der Waals surface area (Å²) in [4.78, 5) is 11.4. The summed E-state index contributed by atoms with van der Waals surface area (Å²) in [7, 11) is 0. The van der Waals surface area contributed by atoms with Crippen molar-refractivity contribution in [3.8, 4) is 0 Å². The van der Waals surface area contributed by atoms with Gasteiger partial charge in [-0.1, -0.05) is 6.07 Å². The lowest BCUT2D eigenvalue weighted by Gasteiger charge is -2.11. The van der Waals surface area contributed by atoms with Crippen molar-refractivity contribution in [3.63, 3.8) is 0 Å². The fourth-order valence-electron chi connectivity index (χ4n) is 1.22. The second kappa shape index (κ2) is 4.77. The molecule has 0 amide bonds. The molecule has 0 heterocycles. The number of rotatable bonds is 3. The molecule has 0 unspecified atom stereocenters. The normalized spacial score (nSPS) is 12.2. The van der Waals surface area contributed by atoms with Gasteiger partial charge in [0, 0.05) is 0 Å². The number of ether oxygens (including phenoxy) is 1. The molecule has 4 heteroatoms. The van der Waals surface area contributed by atoms with Gasteiger partial charge in [-0.2, -0.15) is 0 Å². The van der Waals surface area contributed by atoms with Crippen LogP contribution in [0.3, 0.4) is 0 Å². The smallest absolute Gasteiger partial charge is 0.313 e. The van der Waals surface area contributed by atoms with Gasteiger partial charge in [0.25, 0.3) is 0 Å². The van der Waals surface area contributed by atoms with Crippen LogP contribution in [-0.2, 0) is 9.53 Å². The largest absolute Gasteiger partial charge is 0.466 e. The molecule has 1 atom stereocenters. The van der Waals surface area contributed by atoms with Gasteiger partial charge in [0.2, 0.25) is 0 Å². The molecule has 2 N–H and O–H groups in total. The minimum absolute atomic E-state index is 0.0785. The van der Waals surface area contributed by atoms with Crippen LogP contribution in [0.1, 0.15) is 25.3 Å². The molecule has 0 saturated heterocycles. The summed E-state index contributed by atoms with van der Waals surface area (Å²) in [5, 5.41) is 0. The number of nitrogen functional groups attached to an aromatic ring is 1. The molecule has 1 aromatic carbocycles. The fraction of sp³-hybridized carbons (Fsp3) is 0.364. The van der Waals surface area contributed by atoms with Crippen molar-refractivity contribution in [1.82, 2.24) is 0 Å². The Kier molecular flexibility index (Phi) is 3.66. The number of halogens is 1. The maximum absolute atomic E-state index is 13.1. The fourth-order valence-corrected chi connectivity index (χ4v) is 1.22. The molecule has 0 aliphatic carbocycles. The molecule has 0 fully saturated rings. The second-order valence-corrected chi connectivity index (χ2v) is 3.25. The maximum atomic E-state index is 13.1. The highest BCUT2D eigenvalue weighted by Gasteiger charge is 2.17. The van der Waals surface area contributed by atoms with E-state index in [4.69, 9.17) is 10.5 Å². The topological polar surface area (TPSA) is 52.3 Å². The number of carbonyl (C=O) groups is 1. The molecule has 0 aromatic heterocycles. The van der Waals surface area contributed by atoms with E-state index < -0.39 is 11.7 Å². The third-order valence-electron chi connectivity index (χ3n) is 2.16. The van der Waals surface area contributed by atoms with E-state index in [0.29, 0.717) is 12.2 Å². The summed E-state index contributed by atoms with van der Waals surface area (Å²) in [5.74, 6) is -1.34. The van der Waals surface area contributed by atoms with Crippen molar-refractivity contribution >= 4 is 11.7 Å². The molecule has 1 aromatic rings. The zero-order chi connectivity index (χ0) is 11.4. The van der Waals surface area contributed by atoms with Crippen LogP contribution in [0.15, 0.2) is 18.2 Å². The average Bonchev–Trinajstić information content (AvgIpc) is 2.21. The van der Waals surface area contributed by atoms with Gasteiger partial charge in [-0.05, 0) is 31.5 Å². The lowest BCUT2D eigenvalue weighted by Crippen LogP contribution is -2.13. The van der Waals surface area contributed by atoms with Crippen LogP contribution in [0, 0.1) is 5.82 Å². The molecule has 0 bridgehead atoms.